The smallest absolute Gasteiger partial charge is 0.153 e. The van der Waals surface area contributed by atoms with Crippen LogP contribution in [0.4, 0.5) is 11.5 Å². The second-order valence-corrected chi connectivity index (χ2v) is 5.44. The molecule has 0 atom stereocenters. The molecule has 3 rings (SSSR count). The van der Waals surface area contributed by atoms with Gasteiger partial charge >= 0.3 is 0 Å². The van der Waals surface area contributed by atoms with Crippen LogP contribution in [0.2, 0.25) is 0 Å². The van der Waals surface area contributed by atoms with E-state index >= 15 is 0 Å². The van der Waals surface area contributed by atoms with Crippen LogP contribution in [0.3, 0.4) is 0 Å². The van der Waals surface area contributed by atoms with E-state index in [1.807, 2.05) is 50.5 Å². The first-order valence-electron chi connectivity index (χ1n) is 7.78. The maximum atomic E-state index is 4.45. The predicted octanol–water partition coefficient (Wildman–Crippen LogP) is 3.01. The molecule has 0 amide bonds. The van der Waals surface area contributed by atoms with Crippen LogP contribution >= 0.6 is 0 Å². The molecular formula is C19H20N4. The largest absolute Gasteiger partial charge is 0.371 e. The Morgan fingerprint density at radius 1 is 1.17 bits per heavy atom. The topological polar surface area (TPSA) is 41.1 Å². The van der Waals surface area contributed by atoms with Gasteiger partial charge in [0.05, 0.1) is 11.9 Å². The Hall–Kier alpha value is -2.80. The van der Waals surface area contributed by atoms with E-state index in [2.05, 4.69) is 38.1 Å². The fourth-order valence-corrected chi connectivity index (χ4v) is 2.55. The third-order valence-corrected chi connectivity index (χ3v) is 3.82. The summed E-state index contributed by atoms with van der Waals surface area (Å²) in [5.41, 5.74) is 3.30. The first-order valence-corrected chi connectivity index (χ1v) is 7.78. The third-order valence-electron chi connectivity index (χ3n) is 3.82. The number of rotatable bonds is 2. The Labute approximate surface area is 137 Å². The predicted molar refractivity (Wildman–Crippen MR) is 94.5 cm³/mol. The van der Waals surface area contributed by atoms with E-state index in [1.165, 1.54) is 5.57 Å². The summed E-state index contributed by atoms with van der Waals surface area (Å²) in [6.45, 7) is 3.66. The summed E-state index contributed by atoms with van der Waals surface area (Å²) in [6.07, 6.45) is 5.03. The fourth-order valence-electron chi connectivity index (χ4n) is 2.55. The van der Waals surface area contributed by atoms with Gasteiger partial charge in [0.15, 0.2) is 5.82 Å². The lowest BCUT2D eigenvalue weighted by Gasteiger charge is -2.28. The molecule has 1 aliphatic heterocycles. The molecule has 0 saturated carbocycles. The minimum absolute atomic E-state index is 0.778. The highest BCUT2D eigenvalue weighted by atomic mass is 15.2. The summed E-state index contributed by atoms with van der Waals surface area (Å²) >= 11 is 0. The molecule has 0 aliphatic carbocycles. The highest BCUT2D eigenvalue weighted by Crippen LogP contribution is 2.25. The van der Waals surface area contributed by atoms with E-state index in [0.717, 1.165) is 42.4 Å². The van der Waals surface area contributed by atoms with E-state index in [-0.39, 0.29) is 0 Å². The summed E-state index contributed by atoms with van der Waals surface area (Å²) < 4.78 is 0. The number of aryl methyl sites for hydroxylation is 1. The lowest BCUT2D eigenvalue weighted by Crippen LogP contribution is -2.29. The number of nitrogens with zero attached hydrogens (tertiary/aromatic N) is 3. The second kappa shape index (κ2) is 6.97. The van der Waals surface area contributed by atoms with Gasteiger partial charge in [-0.3, -0.25) is 0 Å². The summed E-state index contributed by atoms with van der Waals surface area (Å²) in [7, 11) is 1.89. The minimum Gasteiger partial charge on any atom is -0.371 e. The SMILES string of the molecule is CNc1nc(C)ncc1N1CC=C(C#Cc2ccccc2)CC1. The highest BCUT2D eigenvalue weighted by Gasteiger charge is 2.15. The van der Waals surface area contributed by atoms with E-state index in [1.54, 1.807) is 0 Å². The van der Waals surface area contributed by atoms with Crippen LogP contribution in [-0.4, -0.2) is 30.1 Å². The lowest BCUT2D eigenvalue weighted by atomic mass is 10.1. The zero-order valence-corrected chi connectivity index (χ0v) is 13.5. The molecule has 0 unspecified atom stereocenters. The van der Waals surface area contributed by atoms with Crippen molar-refractivity contribution in [2.24, 2.45) is 0 Å². The molecule has 23 heavy (non-hydrogen) atoms. The number of aromatic nitrogens is 2. The monoisotopic (exact) mass is 304 g/mol. The van der Waals surface area contributed by atoms with Crippen LogP contribution in [0.5, 0.6) is 0 Å². The molecule has 1 aliphatic rings. The molecule has 1 aromatic carbocycles. The van der Waals surface area contributed by atoms with E-state index in [0.29, 0.717) is 0 Å². The first kappa shape index (κ1) is 15.1. The van der Waals surface area contributed by atoms with Crippen molar-refractivity contribution in [3.63, 3.8) is 0 Å². The van der Waals surface area contributed by atoms with Gasteiger partial charge in [0.2, 0.25) is 0 Å². The number of hydrogen-bond acceptors (Lipinski definition) is 4. The average molecular weight is 304 g/mol. The third kappa shape index (κ3) is 3.70. The molecule has 1 aromatic heterocycles. The van der Waals surface area contributed by atoms with Crippen molar-refractivity contribution in [1.29, 1.82) is 0 Å². The van der Waals surface area contributed by atoms with Crippen LogP contribution in [0.25, 0.3) is 0 Å². The zero-order chi connectivity index (χ0) is 16.1. The summed E-state index contributed by atoms with van der Waals surface area (Å²) in [5, 5.41) is 3.15. The quantitative estimate of drug-likeness (QED) is 0.866. The molecule has 2 heterocycles. The maximum Gasteiger partial charge on any atom is 0.153 e. The van der Waals surface area contributed by atoms with Crippen molar-refractivity contribution in [1.82, 2.24) is 9.97 Å². The Morgan fingerprint density at radius 3 is 2.70 bits per heavy atom. The summed E-state index contributed by atoms with van der Waals surface area (Å²) in [6, 6.07) is 10.1. The van der Waals surface area contributed by atoms with Crippen LogP contribution in [0.1, 0.15) is 17.8 Å². The molecule has 0 spiro atoms. The van der Waals surface area contributed by atoms with Crippen molar-refractivity contribution in [3.8, 4) is 11.8 Å². The van der Waals surface area contributed by atoms with Crippen LogP contribution in [0, 0.1) is 18.8 Å². The lowest BCUT2D eigenvalue weighted by molar-refractivity contribution is 0.797. The maximum absolute atomic E-state index is 4.45. The van der Waals surface area contributed by atoms with Gasteiger partial charge < -0.3 is 10.2 Å². The van der Waals surface area contributed by atoms with Gasteiger partial charge in [0, 0.05) is 31.3 Å². The Kier molecular flexibility index (Phi) is 4.58. The van der Waals surface area contributed by atoms with E-state index in [9.17, 15) is 0 Å². The Bertz CT molecular complexity index is 769. The molecule has 2 aromatic rings. The number of anilines is 2. The molecule has 4 nitrogen and oxygen atoms in total. The molecule has 116 valence electrons. The normalized spacial score (nSPS) is 13.8. The Balaban J connectivity index is 1.73. The number of hydrogen-bond donors (Lipinski definition) is 1. The summed E-state index contributed by atoms with van der Waals surface area (Å²) in [5.74, 6) is 8.17. The van der Waals surface area contributed by atoms with Crippen molar-refractivity contribution in [2.45, 2.75) is 13.3 Å². The minimum atomic E-state index is 0.778. The van der Waals surface area contributed by atoms with Gasteiger partial charge in [0.1, 0.15) is 5.82 Å². The molecule has 0 bridgehead atoms. The number of nitrogens with one attached hydrogen (secondary N) is 1. The molecule has 0 radical (unpaired) electrons. The average Bonchev–Trinajstić information content (AvgIpc) is 2.61. The molecule has 4 heteroatoms. The van der Waals surface area contributed by atoms with Gasteiger partial charge in [-0.1, -0.05) is 36.1 Å². The second-order valence-electron chi connectivity index (χ2n) is 5.44. The highest BCUT2D eigenvalue weighted by molar-refractivity contribution is 5.65. The standard InChI is InChI=1S/C19H20N4/c1-15-21-14-18(19(20-2)22-15)23-12-10-17(11-13-23)9-8-16-6-4-3-5-7-16/h3-7,10,14H,11-13H2,1-2H3,(H,20,21,22). The fraction of sp³-hybridized carbons (Fsp3) is 0.263. The zero-order valence-electron chi connectivity index (χ0n) is 13.5. The van der Waals surface area contributed by atoms with E-state index < -0.39 is 0 Å². The first-order chi connectivity index (χ1) is 11.3. The van der Waals surface area contributed by atoms with Crippen LogP contribution in [-0.2, 0) is 0 Å². The molecule has 0 saturated heterocycles. The molecule has 1 N–H and O–H groups in total. The number of benzene rings is 1. The van der Waals surface area contributed by atoms with Crippen molar-refractivity contribution in [2.75, 3.05) is 30.4 Å². The van der Waals surface area contributed by atoms with Crippen molar-refractivity contribution < 1.29 is 0 Å². The molecule has 0 fully saturated rings. The van der Waals surface area contributed by atoms with Crippen molar-refractivity contribution >= 4 is 11.5 Å². The van der Waals surface area contributed by atoms with Gasteiger partial charge in [0.25, 0.3) is 0 Å². The van der Waals surface area contributed by atoms with Gasteiger partial charge in [-0.15, -0.1) is 0 Å². The Morgan fingerprint density at radius 2 is 2.00 bits per heavy atom. The molecular weight excluding hydrogens is 284 g/mol. The van der Waals surface area contributed by atoms with Gasteiger partial charge in [-0.2, -0.15) is 0 Å². The van der Waals surface area contributed by atoms with Gasteiger partial charge in [-0.25, -0.2) is 9.97 Å². The van der Waals surface area contributed by atoms with Crippen LogP contribution < -0.4 is 10.2 Å². The van der Waals surface area contributed by atoms with Crippen LogP contribution in [0.15, 0.2) is 48.2 Å². The summed E-state index contributed by atoms with van der Waals surface area (Å²) in [4.78, 5) is 11.0. The van der Waals surface area contributed by atoms with E-state index in [4.69, 9.17) is 0 Å². The van der Waals surface area contributed by atoms with Gasteiger partial charge in [-0.05, 0) is 25.5 Å². The van der Waals surface area contributed by atoms with Crippen molar-refractivity contribution in [3.05, 3.63) is 59.6 Å².